The van der Waals surface area contributed by atoms with Crippen molar-refractivity contribution in [2.45, 2.75) is 0 Å². The fourth-order valence-corrected chi connectivity index (χ4v) is 0.785. The van der Waals surface area contributed by atoms with Crippen LogP contribution >= 0.6 is 11.8 Å². The van der Waals surface area contributed by atoms with Crippen molar-refractivity contribution in [1.29, 1.82) is 0 Å². The largest absolute Gasteiger partial charge is 1.00 e. The molecule has 1 aromatic carbocycles. The molecule has 0 aliphatic rings. The van der Waals surface area contributed by atoms with Crippen LogP contribution in [0, 0.1) is 0 Å². The number of benzene rings is 1. The summed E-state index contributed by atoms with van der Waals surface area (Å²) in [5.74, 6) is -2.25. The van der Waals surface area contributed by atoms with Gasteiger partial charge in [0.2, 0.25) is 0 Å². The minimum Gasteiger partial charge on any atom is -1.00 e. The van der Waals surface area contributed by atoms with Gasteiger partial charge in [-0.1, -0.05) is 6.07 Å². The molecule has 0 saturated carbocycles. The summed E-state index contributed by atoms with van der Waals surface area (Å²) in [7, 11) is 0. The molecule has 92 valence electrons. The van der Waals surface area contributed by atoms with Crippen molar-refractivity contribution in [2.24, 2.45) is 0 Å². The van der Waals surface area contributed by atoms with Crippen molar-refractivity contribution in [2.75, 3.05) is 12.5 Å². The summed E-state index contributed by atoms with van der Waals surface area (Å²) < 4.78 is 0. The maximum absolute atomic E-state index is 10.4. The number of carboxylic acids is 2. The van der Waals surface area contributed by atoms with Crippen LogP contribution in [0.2, 0.25) is 0 Å². The van der Waals surface area contributed by atoms with E-state index in [-0.39, 0.29) is 47.6 Å². The topological polar surface area (TPSA) is 106 Å². The summed E-state index contributed by atoms with van der Waals surface area (Å²) in [5.41, 5.74) is -0.0372. The zero-order valence-electron chi connectivity index (χ0n) is 10.9. The first-order valence-corrected chi connectivity index (χ1v) is 5.63. The number of hydrogen-bond donors (Lipinski definition) is 2. The summed E-state index contributed by atoms with van der Waals surface area (Å²) in [5, 5.41) is 17.0. The first-order valence-electron chi connectivity index (χ1n) is 3.99. The van der Waals surface area contributed by atoms with Crippen LogP contribution in [-0.2, 0) is 0 Å². The molecule has 0 spiro atoms. The first kappa shape index (κ1) is 21.7. The molecule has 7 heteroatoms. The molecule has 1 rings (SSSR count). The number of hydrogen-bond acceptors (Lipinski definition) is 3. The normalized spacial score (nSPS) is 7.65. The van der Waals surface area contributed by atoms with Crippen molar-refractivity contribution in [3.8, 4) is 0 Å². The van der Waals surface area contributed by atoms with Crippen LogP contribution in [0.1, 0.15) is 22.1 Å². The minimum atomic E-state index is -1.13. The Labute approximate surface area is 127 Å². The van der Waals surface area contributed by atoms with Crippen LogP contribution in [0.4, 0.5) is 0 Å². The summed E-state index contributed by atoms with van der Waals surface area (Å²) in [6, 6.07) is 5.20. The van der Waals surface area contributed by atoms with E-state index in [1.807, 2.05) is 12.5 Å². The van der Waals surface area contributed by atoms with Crippen molar-refractivity contribution in [3.63, 3.8) is 0 Å². The van der Waals surface area contributed by atoms with E-state index in [2.05, 4.69) is 0 Å². The van der Waals surface area contributed by atoms with Gasteiger partial charge in [-0.2, -0.15) is 11.8 Å². The van der Waals surface area contributed by atoms with E-state index in [0.29, 0.717) is 0 Å². The second-order valence-electron chi connectivity index (χ2n) is 2.60. The van der Waals surface area contributed by atoms with E-state index in [9.17, 15) is 9.59 Å². The van der Waals surface area contributed by atoms with Crippen LogP contribution < -0.4 is 29.6 Å². The number of carboxylic acid groups (broad SMARTS) is 2. The van der Waals surface area contributed by atoms with Crippen LogP contribution in [0.5, 0.6) is 0 Å². The molecule has 0 saturated heterocycles. The van der Waals surface area contributed by atoms with E-state index in [0.717, 1.165) is 6.07 Å². The Bertz CT molecular complexity index is 333. The molecule has 0 aliphatic carbocycles. The number of rotatable bonds is 2. The molecule has 0 aliphatic heterocycles. The maximum Gasteiger partial charge on any atom is 1.00 e. The Morgan fingerprint density at radius 2 is 1.41 bits per heavy atom. The first-order chi connectivity index (χ1) is 7.02. The molecule has 0 atom stereocenters. The third kappa shape index (κ3) is 9.20. The zero-order chi connectivity index (χ0) is 11.8. The Balaban J connectivity index is -0.000000149. The van der Waals surface area contributed by atoms with Crippen molar-refractivity contribution in [1.82, 2.24) is 0 Å². The Morgan fingerprint density at radius 1 is 1.12 bits per heavy atom. The third-order valence-corrected chi connectivity index (χ3v) is 1.36. The molecule has 5 nitrogen and oxygen atoms in total. The second-order valence-corrected chi connectivity index (χ2v) is 3.42. The van der Waals surface area contributed by atoms with E-state index >= 15 is 0 Å². The van der Waals surface area contributed by atoms with Crippen LogP contribution in [-0.4, -0.2) is 40.1 Å². The molecule has 0 fully saturated rings. The fourth-order valence-electron chi connectivity index (χ4n) is 0.785. The summed E-state index contributed by atoms with van der Waals surface area (Å²) in [4.78, 5) is 20.8. The molecular formula is C10H15NaO5S. The van der Waals surface area contributed by atoms with Gasteiger partial charge in [-0.25, -0.2) is 9.59 Å². The molecule has 4 N–H and O–H groups in total. The molecule has 0 amide bonds. The van der Waals surface area contributed by atoms with Gasteiger partial charge in [-0.05, 0) is 30.7 Å². The summed E-state index contributed by atoms with van der Waals surface area (Å²) in [6.45, 7) is 0. The fraction of sp³-hybridized carbons (Fsp3) is 0.200. The molecule has 0 unspecified atom stereocenters. The smallest absolute Gasteiger partial charge is 1.00 e. The number of carbonyl (C=O) groups is 2. The zero-order valence-corrected chi connectivity index (χ0v) is 12.7. The van der Waals surface area contributed by atoms with Crippen LogP contribution in [0.25, 0.3) is 0 Å². The van der Waals surface area contributed by atoms with Crippen LogP contribution in [0.15, 0.2) is 24.3 Å². The van der Waals surface area contributed by atoms with E-state index in [1.54, 1.807) is 11.8 Å². The van der Waals surface area contributed by atoms with E-state index in [4.69, 9.17) is 10.2 Å². The van der Waals surface area contributed by atoms with Gasteiger partial charge in [0.1, 0.15) is 0 Å². The van der Waals surface area contributed by atoms with Gasteiger partial charge in [-0.15, -0.1) is 0 Å². The molecule has 0 aromatic heterocycles. The van der Waals surface area contributed by atoms with Gasteiger partial charge in [0.25, 0.3) is 0 Å². The van der Waals surface area contributed by atoms with Crippen LogP contribution in [0.3, 0.4) is 0 Å². The maximum atomic E-state index is 10.4. The minimum absolute atomic E-state index is 0. The number of thioether (sulfide) groups is 1. The second kappa shape index (κ2) is 11.9. The molecule has 17 heavy (non-hydrogen) atoms. The predicted octanol–water partition coefficient (Wildman–Crippen LogP) is -1.65. The van der Waals surface area contributed by atoms with Gasteiger partial charge in [-0.3, -0.25) is 0 Å². The van der Waals surface area contributed by atoms with Gasteiger partial charge < -0.3 is 17.1 Å². The van der Waals surface area contributed by atoms with Crippen molar-refractivity contribution in [3.05, 3.63) is 35.4 Å². The van der Waals surface area contributed by atoms with E-state index in [1.165, 1.54) is 18.2 Å². The molecule has 0 heterocycles. The predicted molar refractivity (Wildman–Crippen MR) is 64.5 cm³/mol. The molecule has 0 radical (unpaired) electrons. The number of aromatic carboxylic acids is 2. The van der Waals surface area contributed by atoms with Gasteiger partial charge >= 0.3 is 41.5 Å². The SMILES string of the molecule is CSC.O.O=C(O)c1cccc(C(=O)O)c1.[H-].[Na+]. The van der Waals surface area contributed by atoms with Crippen molar-refractivity contribution >= 4 is 23.7 Å². The van der Waals surface area contributed by atoms with E-state index < -0.39 is 11.9 Å². The average Bonchev–Trinajstić information content (AvgIpc) is 2.19. The molecule has 0 bridgehead atoms. The Morgan fingerprint density at radius 3 is 1.65 bits per heavy atom. The summed E-state index contributed by atoms with van der Waals surface area (Å²) >= 11 is 1.75. The monoisotopic (exact) mass is 270 g/mol. The van der Waals surface area contributed by atoms with Gasteiger partial charge in [0.05, 0.1) is 11.1 Å². The summed E-state index contributed by atoms with van der Waals surface area (Å²) in [6.07, 6.45) is 4.08. The Kier molecular flexibility index (Phi) is 15.3. The standard InChI is InChI=1S/C8H6O4.C2H6S.Na.H2O.H/c9-7(10)5-2-1-3-6(4-5)8(11)12;1-3-2;;;/h1-4H,(H,9,10)(H,11,12);1-2H3;;1H2;/q;;+1;;-1. The molecule has 1 aromatic rings. The third-order valence-electron chi connectivity index (χ3n) is 1.36. The Hall–Kier alpha value is -0.530. The van der Waals surface area contributed by atoms with Gasteiger partial charge in [0, 0.05) is 0 Å². The quantitative estimate of drug-likeness (QED) is 0.627. The van der Waals surface area contributed by atoms with Gasteiger partial charge in [0.15, 0.2) is 0 Å². The average molecular weight is 270 g/mol. The molecular weight excluding hydrogens is 255 g/mol. The van der Waals surface area contributed by atoms with Crippen molar-refractivity contribution < 1.29 is 56.3 Å².